The van der Waals surface area contributed by atoms with Crippen molar-refractivity contribution in [2.24, 2.45) is 5.92 Å². The van der Waals surface area contributed by atoms with Crippen molar-refractivity contribution in [2.45, 2.75) is 6.42 Å². The Balaban J connectivity index is 2.34. The van der Waals surface area contributed by atoms with Crippen LogP contribution in [0.15, 0.2) is 35.3 Å². The number of rotatable bonds is 2. The minimum Gasteiger partial charge on any atom is -0.310 e. The molecule has 1 aromatic carbocycles. The van der Waals surface area contributed by atoms with E-state index >= 15 is 0 Å². The lowest BCUT2D eigenvalue weighted by atomic mass is 10.1. The molecule has 1 aliphatic heterocycles. The Morgan fingerprint density at radius 3 is 2.94 bits per heavy atom. The van der Waals surface area contributed by atoms with Crippen molar-refractivity contribution in [3.8, 4) is 0 Å². The number of halogens is 2. The van der Waals surface area contributed by atoms with Crippen LogP contribution in [0.4, 0.5) is 5.69 Å². The van der Waals surface area contributed by atoms with Crippen molar-refractivity contribution < 1.29 is 4.79 Å². The van der Waals surface area contributed by atoms with Gasteiger partial charge in [-0.3, -0.25) is 4.79 Å². The van der Waals surface area contributed by atoms with Crippen LogP contribution in [-0.4, -0.2) is 12.5 Å². The first-order valence-electron chi connectivity index (χ1n) is 5.00. The van der Waals surface area contributed by atoms with E-state index in [1.165, 1.54) is 0 Å². The smallest absolute Gasteiger partial charge is 0.227 e. The first-order valence-corrected chi connectivity index (χ1v) is 6.17. The van der Waals surface area contributed by atoms with Gasteiger partial charge in [-0.15, -0.1) is 6.58 Å². The third kappa shape index (κ3) is 2.15. The lowest BCUT2D eigenvalue weighted by molar-refractivity contribution is -0.117. The minimum absolute atomic E-state index is 0.102. The molecule has 1 aliphatic rings. The molecule has 1 fully saturated rings. The lowest BCUT2D eigenvalue weighted by Crippen LogP contribution is -2.24. The summed E-state index contributed by atoms with van der Waals surface area (Å²) in [5.74, 6) is 0.326. The molecule has 0 N–H and O–H groups in total. The second-order valence-corrected chi connectivity index (χ2v) is 5.12. The van der Waals surface area contributed by atoms with Gasteiger partial charge in [0.2, 0.25) is 5.91 Å². The number of amides is 1. The van der Waals surface area contributed by atoms with E-state index < -0.39 is 0 Å². The van der Waals surface area contributed by atoms with E-state index in [-0.39, 0.29) is 11.8 Å². The van der Waals surface area contributed by atoms with E-state index in [0.717, 1.165) is 10.2 Å². The van der Waals surface area contributed by atoms with E-state index in [1.54, 1.807) is 11.0 Å². The Bertz CT molecular complexity index is 447. The Morgan fingerprint density at radius 1 is 1.56 bits per heavy atom. The molecule has 2 nitrogen and oxygen atoms in total. The summed E-state index contributed by atoms with van der Waals surface area (Å²) in [5, 5.41) is 0.598. The fourth-order valence-electron chi connectivity index (χ4n) is 1.82. The molecule has 0 spiro atoms. The summed E-state index contributed by atoms with van der Waals surface area (Å²) in [7, 11) is 0. The molecule has 1 aromatic rings. The van der Waals surface area contributed by atoms with Crippen molar-refractivity contribution in [1.82, 2.24) is 0 Å². The first-order chi connectivity index (χ1) is 7.61. The van der Waals surface area contributed by atoms with Crippen molar-refractivity contribution in [1.29, 1.82) is 0 Å². The maximum atomic E-state index is 11.8. The van der Waals surface area contributed by atoms with Crippen LogP contribution in [0, 0.1) is 5.92 Å². The van der Waals surface area contributed by atoms with Crippen LogP contribution in [0.5, 0.6) is 0 Å². The predicted octanol–water partition coefficient (Wildman–Crippen LogP) is 3.64. The highest BCUT2D eigenvalue weighted by molar-refractivity contribution is 9.10. The second-order valence-electron chi connectivity index (χ2n) is 3.80. The van der Waals surface area contributed by atoms with E-state index in [9.17, 15) is 4.79 Å². The lowest BCUT2D eigenvalue weighted by Gasteiger charge is -2.18. The molecule has 16 heavy (non-hydrogen) atoms. The summed E-state index contributed by atoms with van der Waals surface area (Å²) < 4.78 is 0.918. The largest absolute Gasteiger partial charge is 0.310 e. The molecule has 0 saturated carbocycles. The topological polar surface area (TPSA) is 20.3 Å². The fourth-order valence-corrected chi connectivity index (χ4v) is 2.39. The highest BCUT2D eigenvalue weighted by Crippen LogP contribution is 2.33. The maximum Gasteiger partial charge on any atom is 0.227 e. The van der Waals surface area contributed by atoms with E-state index in [0.29, 0.717) is 18.0 Å². The maximum absolute atomic E-state index is 11.8. The summed E-state index contributed by atoms with van der Waals surface area (Å²) in [4.78, 5) is 13.5. The van der Waals surface area contributed by atoms with Gasteiger partial charge in [0, 0.05) is 23.4 Å². The van der Waals surface area contributed by atoms with Gasteiger partial charge in [0.1, 0.15) is 0 Å². The molecule has 1 atom stereocenters. The normalized spacial score (nSPS) is 20.2. The quantitative estimate of drug-likeness (QED) is 0.764. The summed E-state index contributed by atoms with van der Waals surface area (Å²) in [6.45, 7) is 4.39. The van der Waals surface area contributed by atoms with Crippen LogP contribution >= 0.6 is 27.5 Å². The number of hydrogen-bond acceptors (Lipinski definition) is 1. The molecule has 84 valence electrons. The predicted molar refractivity (Wildman–Crippen MR) is 69.8 cm³/mol. The van der Waals surface area contributed by atoms with Crippen LogP contribution in [0.2, 0.25) is 5.02 Å². The van der Waals surface area contributed by atoms with Gasteiger partial charge in [0.05, 0.1) is 10.7 Å². The van der Waals surface area contributed by atoms with E-state index in [1.807, 2.05) is 18.2 Å². The summed E-state index contributed by atoms with van der Waals surface area (Å²) in [5.41, 5.74) is 0.769. The number of nitrogens with zero attached hydrogens (tertiary/aromatic N) is 1. The Labute approximate surface area is 108 Å². The van der Waals surface area contributed by atoms with Crippen molar-refractivity contribution in [3.63, 3.8) is 0 Å². The SMILES string of the molecule is C=CC1CC(=O)N(c2cc(Br)ccc2Cl)C1. The van der Waals surface area contributed by atoms with Crippen LogP contribution in [0.3, 0.4) is 0 Å². The third-order valence-electron chi connectivity index (χ3n) is 2.69. The number of carbonyl (C=O) groups is 1. The average Bonchev–Trinajstić information content (AvgIpc) is 2.63. The summed E-state index contributed by atoms with van der Waals surface area (Å²) in [6, 6.07) is 5.51. The molecular weight excluding hydrogens is 289 g/mol. The molecule has 0 radical (unpaired) electrons. The van der Waals surface area contributed by atoms with Gasteiger partial charge >= 0.3 is 0 Å². The molecular formula is C12H11BrClNO. The summed E-state index contributed by atoms with van der Waals surface area (Å²) in [6.07, 6.45) is 2.34. The summed E-state index contributed by atoms with van der Waals surface area (Å²) >= 11 is 9.47. The van der Waals surface area contributed by atoms with Crippen LogP contribution in [0.25, 0.3) is 0 Å². The van der Waals surface area contributed by atoms with Crippen molar-refractivity contribution >= 4 is 39.1 Å². The first kappa shape index (κ1) is 11.7. The zero-order chi connectivity index (χ0) is 11.7. The Morgan fingerprint density at radius 2 is 2.31 bits per heavy atom. The van der Waals surface area contributed by atoms with Crippen molar-refractivity contribution in [2.75, 3.05) is 11.4 Å². The molecule has 1 unspecified atom stereocenters. The van der Waals surface area contributed by atoms with Crippen LogP contribution in [-0.2, 0) is 4.79 Å². The number of benzene rings is 1. The highest BCUT2D eigenvalue weighted by Gasteiger charge is 2.29. The van der Waals surface area contributed by atoms with Gasteiger partial charge in [-0.1, -0.05) is 33.6 Å². The molecule has 1 saturated heterocycles. The average molecular weight is 301 g/mol. The van der Waals surface area contributed by atoms with Crippen LogP contribution < -0.4 is 4.90 Å². The standard InChI is InChI=1S/C12H11BrClNO/c1-2-8-5-12(16)15(7-8)11-6-9(13)3-4-10(11)14/h2-4,6,8H,1,5,7H2. The molecule has 0 aliphatic carbocycles. The monoisotopic (exact) mass is 299 g/mol. The number of anilines is 1. The molecule has 1 amide bonds. The second kappa shape index (κ2) is 4.60. The van der Waals surface area contributed by atoms with Crippen LogP contribution in [0.1, 0.15) is 6.42 Å². The molecule has 1 heterocycles. The third-order valence-corrected chi connectivity index (χ3v) is 3.50. The van der Waals surface area contributed by atoms with E-state index in [4.69, 9.17) is 11.6 Å². The molecule has 0 aromatic heterocycles. The van der Waals surface area contributed by atoms with Gasteiger partial charge in [0.15, 0.2) is 0 Å². The fraction of sp³-hybridized carbons (Fsp3) is 0.250. The molecule has 0 bridgehead atoms. The highest BCUT2D eigenvalue weighted by atomic mass is 79.9. The van der Waals surface area contributed by atoms with Gasteiger partial charge in [0.25, 0.3) is 0 Å². The van der Waals surface area contributed by atoms with Gasteiger partial charge in [-0.2, -0.15) is 0 Å². The Hall–Kier alpha value is -0.800. The van der Waals surface area contributed by atoms with Gasteiger partial charge in [-0.05, 0) is 18.2 Å². The molecule has 4 heteroatoms. The van der Waals surface area contributed by atoms with E-state index in [2.05, 4.69) is 22.5 Å². The van der Waals surface area contributed by atoms with Gasteiger partial charge < -0.3 is 4.90 Å². The zero-order valence-electron chi connectivity index (χ0n) is 8.62. The minimum atomic E-state index is 0.102. The van der Waals surface area contributed by atoms with Gasteiger partial charge in [-0.25, -0.2) is 0 Å². The van der Waals surface area contributed by atoms with Crippen molar-refractivity contribution in [3.05, 3.63) is 40.3 Å². The number of hydrogen-bond donors (Lipinski definition) is 0. The zero-order valence-corrected chi connectivity index (χ0v) is 11.0. The molecule has 2 rings (SSSR count). The Kier molecular flexibility index (Phi) is 3.36. The number of carbonyl (C=O) groups excluding carboxylic acids is 1.